The number of aliphatic hydroxyl groups is 4. The van der Waals surface area contributed by atoms with Gasteiger partial charge in [0.2, 0.25) is 0 Å². The van der Waals surface area contributed by atoms with Crippen molar-refractivity contribution in [3.63, 3.8) is 0 Å². The molecule has 0 heterocycles. The summed E-state index contributed by atoms with van der Waals surface area (Å²) in [5.74, 6) is 4.82. The number of hydrogen-bond donors (Lipinski definition) is 4. The van der Waals surface area contributed by atoms with Crippen LogP contribution in [0.25, 0.3) is 0 Å². The van der Waals surface area contributed by atoms with E-state index in [1.165, 1.54) is 127 Å². The Kier molecular flexibility index (Phi) is 75.3. The van der Waals surface area contributed by atoms with Crippen LogP contribution in [0.15, 0.2) is 0 Å². The van der Waals surface area contributed by atoms with Crippen molar-refractivity contribution in [3.8, 4) is 0 Å². The summed E-state index contributed by atoms with van der Waals surface area (Å²) >= 11 is 0. The van der Waals surface area contributed by atoms with E-state index in [1.54, 1.807) is 21.3 Å². The Labute approximate surface area is 401 Å². The number of rotatable bonds is 25. The number of aliphatic hydroxyl groups excluding tert-OH is 4. The van der Waals surface area contributed by atoms with Crippen LogP contribution in [0, 0.1) is 0 Å². The van der Waals surface area contributed by atoms with Crippen LogP contribution in [0.1, 0.15) is 182 Å². The Balaban J connectivity index is -0.000000221. The van der Waals surface area contributed by atoms with Crippen LogP contribution in [-0.2, 0) is 26.6 Å². The van der Waals surface area contributed by atoms with Crippen molar-refractivity contribution >= 4 is 60.8 Å². The fourth-order valence-corrected chi connectivity index (χ4v) is 16.3. The molecule has 2 rings (SSSR count). The van der Waals surface area contributed by atoms with Gasteiger partial charge in [0, 0.05) is 97.1 Å². The highest BCUT2D eigenvalue weighted by Crippen LogP contribution is 2.30. The van der Waals surface area contributed by atoms with Crippen molar-refractivity contribution in [3.05, 3.63) is 0 Å². The van der Waals surface area contributed by atoms with E-state index in [1.807, 2.05) is 57.0 Å². The smallest absolute Gasteiger partial charge is 0.412 e. The largest absolute Gasteiger partial charge is 0.500 e. The van der Waals surface area contributed by atoms with Gasteiger partial charge in [-0.3, -0.25) is 0 Å². The van der Waals surface area contributed by atoms with Crippen LogP contribution in [0.3, 0.4) is 0 Å². The molecule has 18 heteroatoms. The van der Waals surface area contributed by atoms with E-state index in [9.17, 15) is 5.11 Å². The molecule has 2 aliphatic rings. The molecule has 1 unspecified atom stereocenters. The van der Waals surface area contributed by atoms with Gasteiger partial charge >= 0.3 is 17.6 Å². The maximum Gasteiger partial charge on any atom is 0.500 e. The van der Waals surface area contributed by atoms with Crippen LogP contribution < -0.4 is 0 Å². The van der Waals surface area contributed by atoms with E-state index in [2.05, 4.69) is 13.8 Å². The zero-order valence-electron chi connectivity index (χ0n) is 41.7. The SMILES string of the molecule is CCCCSSCCCC.CCO[Si](CCCSSCCC[Si](OC)(OCC)OC1CCCCCCCCC1)(OC)OC.CO.CO.CO.O.O.OC1CCCCCCCCC1. The van der Waals surface area contributed by atoms with Gasteiger partial charge in [-0.2, -0.15) is 0 Å². The molecule has 2 saturated carbocycles. The van der Waals surface area contributed by atoms with Gasteiger partial charge in [-0.15, -0.1) is 0 Å². The molecule has 2 aliphatic carbocycles. The Hall–Kier alpha value is 1.35. The molecule has 0 radical (unpaired) electrons. The summed E-state index contributed by atoms with van der Waals surface area (Å²) in [5, 5.41) is 30.4. The third-order valence-electron chi connectivity index (χ3n) is 9.89. The fourth-order valence-electron chi connectivity index (χ4n) is 6.56. The molecule has 0 aromatic heterocycles. The number of unbranched alkanes of at least 4 members (excludes halogenated alkanes) is 2. The van der Waals surface area contributed by atoms with E-state index in [-0.39, 0.29) is 17.1 Å². The first kappa shape index (κ1) is 74.9. The first-order valence-electron chi connectivity index (χ1n) is 23.5. The molecule has 0 saturated heterocycles. The van der Waals surface area contributed by atoms with Crippen molar-refractivity contribution in [2.75, 3.05) is 78.9 Å². The van der Waals surface area contributed by atoms with Gasteiger partial charge in [0.1, 0.15) is 0 Å². The van der Waals surface area contributed by atoms with Crippen molar-refractivity contribution in [2.24, 2.45) is 0 Å². The van der Waals surface area contributed by atoms with E-state index in [4.69, 9.17) is 41.9 Å². The van der Waals surface area contributed by atoms with Gasteiger partial charge in [0.05, 0.1) is 6.10 Å². The van der Waals surface area contributed by atoms with E-state index in [0.717, 1.165) is 83.4 Å². The molecule has 62 heavy (non-hydrogen) atoms. The molecule has 8 N–H and O–H groups in total. The molecule has 0 aromatic carbocycles. The third kappa shape index (κ3) is 49.3. The van der Waals surface area contributed by atoms with Crippen LogP contribution in [0.4, 0.5) is 0 Å². The minimum absolute atomic E-state index is 0. The van der Waals surface area contributed by atoms with Gasteiger partial charge in [0.25, 0.3) is 0 Å². The molecular weight excluding hydrogens is 905 g/mol. The molecule has 0 aliphatic heterocycles. The van der Waals surface area contributed by atoms with Gasteiger partial charge in [-0.05, 0) is 65.2 Å². The quantitative estimate of drug-likeness (QED) is 0.0382. The fraction of sp³-hybridized carbons (Fsp3) is 1.00. The summed E-state index contributed by atoms with van der Waals surface area (Å²) in [6, 6.07) is 1.76. The lowest BCUT2D eigenvalue weighted by Gasteiger charge is -2.32. The average molecular weight is 1010 g/mol. The minimum Gasteiger partial charge on any atom is -0.412 e. The highest BCUT2D eigenvalue weighted by Gasteiger charge is 2.41. The van der Waals surface area contributed by atoms with Crippen LogP contribution >= 0.6 is 43.2 Å². The first-order chi connectivity index (χ1) is 29.4. The second-order valence-electron chi connectivity index (χ2n) is 14.5. The lowest BCUT2D eigenvalue weighted by molar-refractivity contribution is 0.0337. The molecule has 0 bridgehead atoms. The standard InChI is InChI=1S/C23H50O6S2Si2.C10H20O.C8H18S2.3CH4O.2H2O/c1-6-27-32(24-3,25-4)21-15-19-30-31-20-16-22-33(26-5,28-7-2)29-23-17-13-11-9-8-10-12-14-18-23;11-10-8-6-4-2-1-3-5-7-9-10;1-3-5-7-9-10-8-6-4-2;3*1-2;;/h23H,6-22H2,1-5H3;10-11H,1-9H2;3-8H2,1-2H3;3*2H,1H3;2*1H2. The Morgan fingerprint density at radius 3 is 1.05 bits per heavy atom. The summed E-state index contributed by atoms with van der Waals surface area (Å²) in [6.07, 6.45) is 30.8. The second kappa shape index (κ2) is 62.4. The molecule has 0 spiro atoms. The van der Waals surface area contributed by atoms with E-state index in [0.29, 0.717) is 19.3 Å². The molecule has 12 nitrogen and oxygen atoms in total. The van der Waals surface area contributed by atoms with Crippen molar-refractivity contribution < 1.29 is 57.9 Å². The summed E-state index contributed by atoms with van der Waals surface area (Å²) in [7, 11) is 11.0. The first-order valence-corrected chi connectivity index (χ1v) is 32.4. The highest BCUT2D eigenvalue weighted by molar-refractivity contribution is 8.77. The molecule has 1 atom stereocenters. The zero-order valence-corrected chi connectivity index (χ0v) is 46.9. The summed E-state index contributed by atoms with van der Waals surface area (Å²) < 4.78 is 35.8. The molecule has 2 fully saturated rings. The summed E-state index contributed by atoms with van der Waals surface area (Å²) in [6.45, 7) is 9.81. The topological polar surface area (TPSA) is 199 Å². The zero-order chi connectivity index (χ0) is 45.9. The molecular formula is C44H104O12S4Si2. The van der Waals surface area contributed by atoms with Crippen molar-refractivity contribution in [1.82, 2.24) is 0 Å². The van der Waals surface area contributed by atoms with Gasteiger partial charge in [0.15, 0.2) is 0 Å². The number of hydrogen-bond acceptors (Lipinski definition) is 14. The molecule has 0 aromatic rings. The summed E-state index contributed by atoms with van der Waals surface area (Å²) in [4.78, 5) is 0. The van der Waals surface area contributed by atoms with E-state index < -0.39 is 17.6 Å². The van der Waals surface area contributed by atoms with Crippen LogP contribution in [0.2, 0.25) is 12.1 Å². The summed E-state index contributed by atoms with van der Waals surface area (Å²) in [5.41, 5.74) is 0. The van der Waals surface area contributed by atoms with Crippen molar-refractivity contribution in [2.45, 2.75) is 206 Å². The van der Waals surface area contributed by atoms with E-state index >= 15 is 0 Å². The predicted molar refractivity (Wildman–Crippen MR) is 280 cm³/mol. The predicted octanol–water partition coefficient (Wildman–Crippen LogP) is 11.0. The third-order valence-corrected chi connectivity index (χ3v) is 21.0. The Morgan fingerprint density at radius 1 is 0.435 bits per heavy atom. The van der Waals surface area contributed by atoms with Gasteiger partial charge < -0.3 is 57.9 Å². The van der Waals surface area contributed by atoms with Gasteiger partial charge in [-0.1, -0.05) is 160 Å². The molecule has 0 amide bonds. The molecule has 384 valence electrons. The second-order valence-corrected chi connectivity index (χ2v) is 25.7. The van der Waals surface area contributed by atoms with Crippen LogP contribution in [-0.4, -0.2) is 140 Å². The average Bonchev–Trinajstić information content (AvgIpc) is 3.29. The lowest BCUT2D eigenvalue weighted by Crippen LogP contribution is -2.47. The van der Waals surface area contributed by atoms with Crippen LogP contribution in [0.5, 0.6) is 0 Å². The minimum atomic E-state index is -2.61. The lowest BCUT2D eigenvalue weighted by atomic mass is 9.99. The Morgan fingerprint density at radius 2 is 0.726 bits per heavy atom. The maximum absolute atomic E-state index is 9.43. The van der Waals surface area contributed by atoms with Gasteiger partial charge in [-0.25, -0.2) is 0 Å². The van der Waals surface area contributed by atoms with Crippen molar-refractivity contribution in [1.29, 1.82) is 0 Å². The normalized spacial score (nSPS) is 16.4. The monoisotopic (exact) mass is 1010 g/mol. The highest BCUT2D eigenvalue weighted by atomic mass is 33.1. The Bertz CT molecular complexity index is 751. The maximum atomic E-state index is 9.43.